The second-order valence-electron chi connectivity index (χ2n) is 8.16. The maximum Gasteiger partial charge on any atom is 0.141 e. The molecular formula is C26H24ClFN4O2. The molecule has 0 radical (unpaired) electrons. The van der Waals surface area contributed by atoms with E-state index in [4.69, 9.17) is 21.1 Å². The molecule has 174 valence electrons. The predicted octanol–water partition coefficient (Wildman–Crippen LogP) is 5.88. The Bertz CT molecular complexity index is 1300. The zero-order valence-corrected chi connectivity index (χ0v) is 19.2. The van der Waals surface area contributed by atoms with E-state index in [0.29, 0.717) is 16.6 Å². The number of fused-ring (bicyclic) bond motifs is 1. The van der Waals surface area contributed by atoms with Gasteiger partial charge in [-0.05, 0) is 80.0 Å². The van der Waals surface area contributed by atoms with Crippen LogP contribution in [-0.4, -0.2) is 29.2 Å². The van der Waals surface area contributed by atoms with Crippen molar-refractivity contribution < 1.29 is 13.9 Å². The highest BCUT2D eigenvalue weighted by Gasteiger charge is 2.15. The summed E-state index contributed by atoms with van der Waals surface area (Å²) in [6.07, 6.45) is 3.70. The molecule has 0 amide bonds. The van der Waals surface area contributed by atoms with Gasteiger partial charge in [0.2, 0.25) is 0 Å². The molecule has 0 unspecified atom stereocenters. The molecule has 6 nitrogen and oxygen atoms in total. The molecule has 4 aromatic rings. The van der Waals surface area contributed by atoms with Gasteiger partial charge >= 0.3 is 0 Å². The number of aromatic nitrogens is 2. The van der Waals surface area contributed by atoms with Crippen LogP contribution in [0.2, 0.25) is 5.02 Å². The van der Waals surface area contributed by atoms with Crippen molar-refractivity contribution in [3.05, 3.63) is 83.4 Å². The Hall–Kier alpha value is -3.42. The van der Waals surface area contributed by atoms with E-state index in [1.807, 2.05) is 24.3 Å². The van der Waals surface area contributed by atoms with Crippen LogP contribution >= 0.6 is 11.6 Å². The molecular weight excluding hydrogens is 455 g/mol. The van der Waals surface area contributed by atoms with E-state index in [2.05, 4.69) is 20.6 Å². The van der Waals surface area contributed by atoms with Crippen molar-refractivity contribution in [1.82, 2.24) is 15.3 Å². The van der Waals surface area contributed by atoms with E-state index >= 15 is 0 Å². The average molecular weight is 479 g/mol. The first kappa shape index (κ1) is 22.4. The van der Waals surface area contributed by atoms with Gasteiger partial charge in [0.15, 0.2) is 0 Å². The highest BCUT2D eigenvalue weighted by atomic mass is 35.5. The zero-order valence-electron chi connectivity index (χ0n) is 18.4. The molecule has 34 heavy (non-hydrogen) atoms. The van der Waals surface area contributed by atoms with Gasteiger partial charge in [-0.2, -0.15) is 0 Å². The fourth-order valence-electron chi connectivity index (χ4n) is 3.93. The molecule has 5 rings (SSSR count). The first-order chi connectivity index (χ1) is 16.6. The first-order valence-electron chi connectivity index (χ1n) is 11.2. The third kappa shape index (κ3) is 5.38. The van der Waals surface area contributed by atoms with Gasteiger partial charge in [-0.25, -0.2) is 14.4 Å². The van der Waals surface area contributed by atoms with E-state index < -0.39 is 0 Å². The van der Waals surface area contributed by atoms with E-state index in [9.17, 15) is 4.39 Å². The number of nitrogens with zero attached hydrogens (tertiary/aromatic N) is 2. The molecule has 1 aliphatic heterocycles. The second kappa shape index (κ2) is 10.2. The van der Waals surface area contributed by atoms with Gasteiger partial charge in [0.1, 0.15) is 42.2 Å². The summed E-state index contributed by atoms with van der Waals surface area (Å²) in [5, 5.41) is 7.97. The summed E-state index contributed by atoms with van der Waals surface area (Å²) >= 11 is 6.45. The lowest BCUT2D eigenvalue weighted by molar-refractivity contribution is 0.162. The highest BCUT2D eigenvalue weighted by molar-refractivity contribution is 6.32. The Morgan fingerprint density at radius 2 is 1.91 bits per heavy atom. The molecule has 1 saturated heterocycles. The molecule has 1 aromatic heterocycles. The molecule has 3 aromatic carbocycles. The third-order valence-electron chi connectivity index (χ3n) is 5.67. The zero-order chi connectivity index (χ0) is 23.3. The van der Waals surface area contributed by atoms with Crippen molar-refractivity contribution >= 4 is 34.0 Å². The minimum atomic E-state index is -0.298. The van der Waals surface area contributed by atoms with Crippen LogP contribution in [0.3, 0.4) is 0 Å². The number of piperidine rings is 1. The molecule has 0 spiro atoms. The molecule has 0 aliphatic carbocycles. The van der Waals surface area contributed by atoms with Gasteiger partial charge in [0.05, 0.1) is 10.5 Å². The van der Waals surface area contributed by atoms with Crippen LogP contribution < -0.4 is 20.1 Å². The number of benzene rings is 3. The fraction of sp³-hybridized carbons (Fsp3) is 0.231. The molecule has 0 bridgehead atoms. The van der Waals surface area contributed by atoms with E-state index in [1.54, 1.807) is 24.3 Å². The Labute approximate surface area is 202 Å². The summed E-state index contributed by atoms with van der Waals surface area (Å²) in [4.78, 5) is 8.80. The Kier molecular flexibility index (Phi) is 6.74. The molecule has 1 fully saturated rings. The number of rotatable bonds is 7. The quantitative estimate of drug-likeness (QED) is 0.346. The molecule has 8 heteroatoms. The molecule has 0 atom stereocenters. The molecule has 2 heterocycles. The van der Waals surface area contributed by atoms with Gasteiger partial charge in [0.25, 0.3) is 0 Å². The van der Waals surface area contributed by atoms with Crippen LogP contribution in [0.4, 0.5) is 15.9 Å². The van der Waals surface area contributed by atoms with Crippen molar-refractivity contribution in [2.75, 3.05) is 18.4 Å². The number of hydrogen-bond acceptors (Lipinski definition) is 6. The van der Waals surface area contributed by atoms with Crippen molar-refractivity contribution in [3.8, 4) is 11.5 Å². The Morgan fingerprint density at radius 1 is 1.03 bits per heavy atom. The van der Waals surface area contributed by atoms with Crippen LogP contribution in [0.1, 0.15) is 18.4 Å². The third-order valence-corrected chi connectivity index (χ3v) is 5.97. The number of nitrogens with one attached hydrogen (secondary N) is 2. The van der Waals surface area contributed by atoms with Crippen LogP contribution in [0.15, 0.2) is 67.0 Å². The van der Waals surface area contributed by atoms with E-state index in [0.717, 1.165) is 53.8 Å². The smallest absolute Gasteiger partial charge is 0.141 e. The minimum Gasteiger partial charge on any atom is -0.490 e. The Morgan fingerprint density at radius 3 is 2.74 bits per heavy atom. The summed E-state index contributed by atoms with van der Waals surface area (Å²) in [6, 6.07) is 17.5. The lowest BCUT2D eigenvalue weighted by atomic mass is 10.1. The van der Waals surface area contributed by atoms with Crippen molar-refractivity contribution in [3.63, 3.8) is 0 Å². The maximum atomic E-state index is 13.4. The molecule has 2 N–H and O–H groups in total. The maximum absolute atomic E-state index is 13.4. The summed E-state index contributed by atoms with van der Waals surface area (Å²) < 4.78 is 25.3. The monoisotopic (exact) mass is 478 g/mol. The van der Waals surface area contributed by atoms with Crippen LogP contribution in [0.5, 0.6) is 11.5 Å². The van der Waals surface area contributed by atoms with Crippen LogP contribution in [0.25, 0.3) is 10.9 Å². The summed E-state index contributed by atoms with van der Waals surface area (Å²) in [6.45, 7) is 2.16. The van der Waals surface area contributed by atoms with Crippen molar-refractivity contribution in [2.24, 2.45) is 0 Å². The highest BCUT2D eigenvalue weighted by Crippen LogP contribution is 2.32. The largest absolute Gasteiger partial charge is 0.490 e. The first-order valence-corrected chi connectivity index (χ1v) is 11.6. The van der Waals surface area contributed by atoms with Gasteiger partial charge in [-0.15, -0.1) is 0 Å². The van der Waals surface area contributed by atoms with Crippen LogP contribution in [-0.2, 0) is 6.61 Å². The SMILES string of the molecule is Fc1cccc(COc2ccc(Nc3ncnc4ccc(OC5CCNCC5)cc34)cc2Cl)c1. The number of halogens is 2. The Balaban J connectivity index is 1.31. The lowest BCUT2D eigenvalue weighted by Gasteiger charge is -2.24. The molecule has 1 aliphatic rings. The van der Waals surface area contributed by atoms with Crippen LogP contribution in [0, 0.1) is 5.82 Å². The number of ether oxygens (including phenoxy) is 2. The summed E-state index contributed by atoms with van der Waals surface area (Å²) in [7, 11) is 0. The second-order valence-corrected chi connectivity index (χ2v) is 8.56. The predicted molar refractivity (Wildman–Crippen MR) is 132 cm³/mol. The summed E-state index contributed by atoms with van der Waals surface area (Å²) in [5.41, 5.74) is 2.30. The topological polar surface area (TPSA) is 68.3 Å². The van der Waals surface area contributed by atoms with Gasteiger partial charge < -0.3 is 20.1 Å². The average Bonchev–Trinajstić information content (AvgIpc) is 2.85. The normalized spacial score (nSPS) is 14.2. The summed E-state index contributed by atoms with van der Waals surface area (Å²) in [5.74, 6) is 1.68. The van der Waals surface area contributed by atoms with Gasteiger partial charge in [-0.3, -0.25) is 0 Å². The molecule has 0 saturated carbocycles. The minimum absolute atomic E-state index is 0.207. The van der Waals surface area contributed by atoms with Crippen molar-refractivity contribution in [2.45, 2.75) is 25.6 Å². The number of hydrogen-bond donors (Lipinski definition) is 2. The van der Waals surface area contributed by atoms with E-state index in [-0.39, 0.29) is 18.5 Å². The van der Waals surface area contributed by atoms with E-state index in [1.165, 1.54) is 18.5 Å². The standard InChI is InChI=1S/C26H24ClFN4O2/c27-23-13-19(4-7-25(23)33-15-17-2-1-3-18(28)12-17)32-26-22-14-21(5-6-24(22)30-16-31-26)34-20-8-10-29-11-9-20/h1-7,12-14,16,20,29H,8-11,15H2,(H,30,31,32). The fourth-order valence-corrected chi connectivity index (χ4v) is 4.17. The van der Waals surface area contributed by atoms with Gasteiger partial charge in [-0.1, -0.05) is 23.7 Å². The van der Waals surface area contributed by atoms with Gasteiger partial charge in [0, 0.05) is 11.1 Å². The van der Waals surface area contributed by atoms with Crippen molar-refractivity contribution in [1.29, 1.82) is 0 Å². The number of anilines is 2. The lowest BCUT2D eigenvalue weighted by Crippen LogP contribution is -2.34.